The molecule has 0 aromatic carbocycles. The van der Waals surface area contributed by atoms with Crippen LogP contribution in [-0.2, 0) is 0 Å². The molecule has 0 amide bonds. The van der Waals surface area contributed by atoms with Gasteiger partial charge in [-0.15, -0.1) is 11.8 Å². The lowest BCUT2D eigenvalue weighted by molar-refractivity contribution is 0.470. The number of thioether (sulfide) groups is 1. The summed E-state index contributed by atoms with van der Waals surface area (Å²) in [6.45, 7) is 2.13. The summed E-state index contributed by atoms with van der Waals surface area (Å²) >= 11 is 1.80. The molecule has 0 aliphatic carbocycles. The van der Waals surface area contributed by atoms with E-state index in [1.165, 1.54) is 0 Å². The van der Waals surface area contributed by atoms with Crippen LogP contribution < -0.4 is 0 Å². The van der Waals surface area contributed by atoms with E-state index < -0.39 is 0 Å². The van der Waals surface area contributed by atoms with E-state index >= 15 is 0 Å². The molecule has 14 heavy (non-hydrogen) atoms. The average Bonchev–Trinajstić information content (AvgIpc) is 2.87. The van der Waals surface area contributed by atoms with Crippen LogP contribution in [0.3, 0.4) is 0 Å². The van der Waals surface area contributed by atoms with Gasteiger partial charge < -0.3 is 8.83 Å². The summed E-state index contributed by atoms with van der Waals surface area (Å²) < 4.78 is 10.8. The highest BCUT2D eigenvalue weighted by atomic mass is 32.2. The van der Waals surface area contributed by atoms with Gasteiger partial charge in [0, 0.05) is 0 Å². The van der Waals surface area contributed by atoms with Crippen LogP contribution in [-0.4, -0.2) is 5.75 Å². The van der Waals surface area contributed by atoms with Crippen LogP contribution in [0.15, 0.2) is 45.6 Å². The molecular formula is C11H12O2S. The molecule has 0 atom stereocenters. The van der Waals surface area contributed by atoms with Crippen molar-refractivity contribution in [3.8, 4) is 0 Å². The average molecular weight is 208 g/mol. The van der Waals surface area contributed by atoms with Crippen molar-refractivity contribution in [2.24, 2.45) is 0 Å². The van der Waals surface area contributed by atoms with Gasteiger partial charge in [0.05, 0.1) is 12.5 Å². The van der Waals surface area contributed by atoms with Gasteiger partial charge in [-0.3, -0.25) is 0 Å². The van der Waals surface area contributed by atoms with Crippen LogP contribution in [0, 0.1) is 0 Å². The van der Waals surface area contributed by atoms with E-state index in [0.717, 1.165) is 17.3 Å². The van der Waals surface area contributed by atoms with Gasteiger partial charge in [0.2, 0.25) is 0 Å². The van der Waals surface area contributed by atoms with E-state index in [0.29, 0.717) is 0 Å². The summed E-state index contributed by atoms with van der Waals surface area (Å²) in [6, 6.07) is 7.77. The van der Waals surface area contributed by atoms with Gasteiger partial charge in [-0.05, 0) is 30.0 Å². The van der Waals surface area contributed by atoms with Crippen molar-refractivity contribution in [1.29, 1.82) is 0 Å². The molecule has 0 N–H and O–H groups in total. The molecule has 0 unspecified atom stereocenters. The third kappa shape index (κ3) is 1.87. The molecule has 2 aromatic heterocycles. The van der Waals surface area contributed by atoms with Crippen molar-refractivity contribution in [3.05, 3.63) is 48.3 Å². The van der Waals surface area contributed by atoms with Crippen molar-refractivity contribution < 1.29 is 8.83 Å². The summed E-state index contributed by atoms with van der Waals surface area (Å²) in [7, 11) is 0. The minimum absolute atomic E-state index is 0.185. The fraction of sp³-hybridized carbons (Fsp3) is 0.273. The topological polar surface area (TPSA) is 26.3 Å². The highest BCUT2D eigenvalue weighted by molar-refractivity contribution is 7.99. The van der Waals surface area contributed by atoms with E-state index in [1.807, 2.05) is 24.3 Å². The molecule has 0 aliphatic heterocycles. The smallest absolute Gasteiger partial charge is 0.124 e. The van der Waals surface area contributed by atoms with Crippen molar-refractivity contribution >= 4 is 11.8 Å². The third-order valence-electron chi connectivity index (χ3n) is 1.94. The lowest BCUT2D eigenvalue weighted by atomic mass is 10.2. The van der Waals surface area contributed by atoms with Gasteiger partial charge in [-0.25, -0.2) is 0 Å². The molecule has 2 nitrogen and oxygen atoms in total. The Morgan fingerprint density at radius 1 is 1.14 bits per heavy atom. The Morgan fingerprint density at radius 3 is 2.07 bits per heavy atom. The lowest BCUT2D eigenvalue weighted by Gasteiger charge is -2.09. The molecule has 2 heterocycles. The van der Waals surface area contributed by atoms with E-state index in [4.69, 9.17) is 8.83 Å². The van der Waals surface area contributed by atoms with Crippen molar-refractivity contribution in [2.75, 3.05) is 5.75 Å². The Labute approximate surface area is 87.3 Å². The molecule has 0 saturated heterocycles. The van der Waals surface area contributed by atoms with Gasteiger partial charge in [0.15, 0.2) is 0 Å². The fourth-order valence-electron chi connectivity index (χ4n) is 1.35. The number of rotatable bonds is 4. The quantitative estimate of drug-likeness (QED) is 0.766. The molecule has 0 spiro atoms. The largest absolute Gasteiger partial charge is 0.468 e. The first-order valence-corrected chi connectivity index (χ1v) is 5.65. The predicted molar refractivity (Wildman–Crippen MR) is 57.4 cm³/mol. The van der Waals surface area contributed by atoms with E-state index in [2.05, 4.69) is 6.92 Å². The van der Waals surface area contributed by atoms with Crippen LogP contribution in [0.4, 0.5) is 0 Å². The Balaban J connectivity index is 2.25. The minimum atomic E-state index is 0.185. The maximum absolute atomic E-state index is 5.39. The van der Waals surface area contributed by atoms with Crippen LogP contribution in [0.2, 0.25) is 0 Å². The molecule has 0 saturated carbocycles. The summed E-state index contributed by atoms with van der Waals surface area (Å²) in [5.41, 5.74) is 0. The first kappa shape index (κ1) is 9.46. The summed E-state index contributed by atoms with van der Waals surface area (Å²) in [5.74, 6) is 2.94. The Kier molecular flexibility index (Phi) is 2.99. The van der Waals surface area contributed by atoms with Gasteiger partial charge >= 0.3 is 0 Å². The molecule has 0 bridgehead atoms. The summed E-state index contributed by atoms with van der Waals surface area (Å²) in [4.78, 5) is 0. The number of furan rings is 2. The number of hydrogen-bond donors (Lipinski definition) is 0. The van der Waals surface area contributed by atoms with Crippen LogP contribution in [0.1, 0.15) is 23.7 Å². The highest BCUT2D eigenvalue weighted by Gasteiger charge is 2.18. The summed E-state index contributed by atoms with van der Waals surface area (Å²) in [6.07, 6.45) is 3.39. The van der Waals surface area contributed by atoms with Gasteiger partial charge in [-0.1, -0.05) is 6.92 Å². The summed E-state index contributed by atoms with van der Waals surface area (Å²) in [5, 5.41) is 0.185. The van der Waals surface area contributed by atoms with E-state index in [9.17, 15) is 0 Å². The normalized spacial score (nSPS) is 11.0. The van der Waals surface area contributed by atoms with Crippen molar-refractivity contribution in [2.45, 2.75) is 12.2 Å². The van der Waals surface area contributed by atoms with Crippen LogP contribution in [0.5, 0.6) is 0 Å². The molecule has 0 fully saturated rings. The Morgan fingerprint density at radius 2 is 1.71 bits per heavy atom. The van der Waals surface area contributed by atoms with Crippen LogP contribution >= 0.6 is 11.8 Å². The van der Waals surface area contributed by atoms with Gasteiger partial charge in [0.25, 0.3) is 0 Å². The monoisotopic (exact) mass is 208 g/mol. The van der Waals surface area contributed by atoms with Crippen LogP contribution in [0.25, 0.3) is 0 Å². The molecule has 0 radical (unpaired) electrons. The van der Waals surface area contributed by atoms with E-state index in [-0.39, 0.29) is 5.25 Å². The van der Waals surface area contributed by atoms with E-state index in [1.54, 1.807) is 24.3 Å². The molecule has 3 heteroatoms. The highest BCUT2D eigenvalue weighted by Crippen LogP contribution is 2.35. The minimum Gasteiger partial charge on any atom is -0.468 e. The van der Waals surface area contributed by atoms with Gasteiger partial charge in [-0.2, -0.15) is 0 Å². The molecule has 74 valence electrons. The zero-order chi connectivity index (χ0) is 9.80. The zero-order valence-electron chi connectivity index (χ0n) is 7.97. The second-order valence-corrected chi connectivity index (χ2v) is 4.25. The first-order valence-electron chi connectivity index (χ1n) is 4.60. The second-order valence-electron chi connectivity index (χ2n) is 2.87. The van der Waals surface area contributed by atoms with Gasteiger partial charge in [0.1, 0.15) is 16.8 Å². The Hall–Kier alpha value is -1.09. The first-order chi connectivity index (χ1) is 6.92. The number of hydrogen-bond acceptors (Lipinski definition) is 3. The Bertz CT molecular complexity index is 316. The van der Waals surface area contributed by atoms with Crippen molar-refractivity contribution in [3.63, 3.8) is 0 Å². The van der Waals surface area contributed by atoms with Crippen molar-refractivity contribution in [1.82, 2.24) is 0 Å². The lowest BCUT2D eigenvalue weighted by Crippen LogP contribution is -1.93. The maximum Gasteiger partial charge on any atom is 0.124 e. The second kappa shape index (κ2) is 4.42. The molecule has 0 aliphatic rings. The standard InChI is InChI=1S/C11H12O2S/c1-2-14-11(9-5-3-7-12-9)10-6-4-8-13-10/h3-8,11H,2H2,1H3. The maximum atomic E-state index is 5.39. The third-order valence-corrected chi connectivity index (χ3v) is 3.07. The molecule has 2 rings (SSSR count). The SMILES string of the molecule is CCSC(c1ccco1)c1ccco1. The molecular weight excluding hydrogens is 196 g/mol. The fourth-order valence-corrected chi connectivity index (χ4v) is 2.28. The predicted octanol–water partition coefficient (Wildman–Crippen LogP) is 3.72. The zero-order valence-corrected chi connectivity index (χ0v) is 8.79. The molecule has 2 aromatic rings.